The van der Waals surface area contributed by atoms with Crippen molar-refractivity contribution in [1.82, 2.24) is 4.98 Å². The summed E-state index contributed by atoms with van der Waals surface area (Å²) in [7, 11) is 0. The lowest BCUT2D eigenvalue weighted by atomic mass is 10.3. The highest BCUT2D eigenvalue weighted by Gasteiger charge is 1.77. The van der Waals surface area contributed by atoms with Crippen LogP contribution in [0.2, 0.25) is 0 Å². The topological polar surface area (TPSA) is 12.9 Å². The van der Waals surface area contributed by atoms with Crippen molar-refractivity contribution in [3.8, 4) is 0 Å². The van der Waals surface area contributed by atoms with Gasteiger partial charge in [-0.2, -0.15) is 0 Å². The maximum Gasteiger partial charge on any atom is 0.0340 e. The van der Waals surface area contributed by atoms with E-state index in [1.165, 1.54) is 0 Å². The van der Waals surface area contributed by atoms with Crippen LogP contribution in [0.4, 0.5) is 0 Å². The molecular weight excluding hydrogens is 110 g/mol. The van der Waals surface area contributed by atoms with Gasteiger partial charge in [-0.25, -0.2) is 0 Å². The maximum atomic E-state index is 3.88. The fourth-order valence-corrected chi connectivity index (χ4v) is 0.497. The second kappa shape index (κ2) is 3.84. The van der Waals surface area contributed by atoms with E-state index in [9.17, 15) is 0 Å². The molecule has 1 heteroatoms. The van der Waals surface area contributed by atoms with Crippen LogP contribution in [-0.2, 0) is 0 Å². The Labute approximate surface area is 56.1 Å². The molecule has 0 saturated carbocycles. The molecule has 0 aromatic carbocycles. The lowest BCUT2D eigenvalue weighted by molar-refractivity contribution is 1.32. The molecule has 0 spiro atoms. The molecule has 0 atom stereocenters. The standard InChI is InChI=1S/C7H7N.CH4/c1-2-7-4-3-5-8-6-7;/h2-6H,1H2;1H4. The zero-order valence-electron chi connectivity index (χ0n) is 4.54. The third-order valence-electron chi connectivity index (χ3n) is 0.920. The predicted molar refractivity (Wildman–Crippen MR) is 41.1 cm³/mol. The van der Waals surface area contributed by atoms with Gasteiger partial charge in [0, 0.05) is 12.4 Å². The molecule has 1 rings (SSSR count). The third-order valence-corrected chi connectivity index (χ3v) is 0.920. The van der Waals surface area contributed by atoms with Crippen LogP contribution in [0.15, 0.2) is 31.1 Å². The van der Waals surface area contributed by atoms with Gasteiger partial charge in [-0.05, 0) is 11.6 Å². The van der Waals surface area contributed by atoms with Crippen LogP contribution in [0.1, 0.15) is 13.0 Å². The number of hydrogen-bond acceptors (Lipinski definition) is 1. The lowest BCUT2D eigenvalue weighted by Gasteiger charge is -1.84. The van der Waals surface area contributed by atoms with Crippen molar-refractivity contribution >= 4 is 6.08 Å². The molecule has 1 heterocycles. The number of hydrogen-bond donors (Lipinski definition) is 0. The van der Waals surface area contributed by atoms with Crippen LogP contribution in [-0.4, -0.2) is 4.98 Å². The molecule has 0 aliphatic heterocycles. The average molecular weight is 121 g/mol. The second-order valence-corrected chi connectivity index (χ2v) is 1.49. The van der Waals surface area contributed by atoms with Crippen molar-refractivity contribution < 1.29 is 0 Å². The van der Waals surface area contributed by atoms with Crippen molar-refractivity contribution in [1.29, 1.82) is 0 Å². The average Bonchev–Trinajstić information content (AvgIpc) is 1.90. The zero-order chi connectivity index (χ0) is 5.82. The molecule has 0 bridgehead atoms. The van der Waals surface area contributed by atoms with Gasteiger partial charge in [-0.15, -0.1) is 0 Å². The molecule has 0 unspecified atom stereocenters. The SMILES string of the molecule is C.C=Cc1cccnc1. The van der Waals surface area contributed by atoms with Gasteiger partial charge in [0.05, 0.1) is 0 Å². The van der Waals surface area contributed by atoms with Gasteiger partial charge >= 0.3 is 0 Å². The van der Waals surface area contributed by atoms with Crippen LogP contribution in [0.5, 0.6) is 0 Å². The van der Waals surface area contributed by atoms with E-state index in [2.05, 4.69) is 11.6 Å². The Bertz CT molecular complexity index is 167. The smallest absolute Gasteiger partial charge is 0.0340 e. The normalized spacial score (nSPS) is 7.56. The Kier molecular flexibility index (Phi) is 3.37. The molecule has 0 saturated heterocycles. The summed E-state index contributed by atoms with van der Waals surface area (Å²) in [6, 6.07) is 3.84. The van der Waals surface area contributed by atoms with E-state index >= 15 is 0 Å². The molecule has 0 aliphatic carbocycles. The summed E-state index contributed by atoms with van der Waals surface area (Å²) in [6.45, 7) is 3.59. The van der Waals surface area contributed by atoms with Gasteiger partial charge < -0.3 is 0 Å². The minimum absolute atomic E-state index is 0. The van der Waals surface area contributed by atoms with Crippen LogP contribution in [0, 0.1) is 0 Å². The van der Waals surface area contributed by atoms with Crippen LogP contribution in [0.25, 0.3) is 6.08 Å². The van der Waals surface area contributed by atoms with Gasteiger partial charge in [0.25, 0.3) is 0 Å². The Morgan fingerprint density at radius 1 is 1.56 bits per heavy atom. The van der Waals surface area contributed by atoms with Crippen LogP contribution in [0.3, 0.4) is 0 Å². The Hall–Kier alpha value is -1.11. The van der Waals surface area contributed by atoms with Gasteiger partial charge in [0.1, 0.15) is 0 Å². The molecule has 1 aromatic heterocycles. The van der Waals surface area contributed by atoms with E-state index < -0.39 is 0 Å². The summed E-state index contributed by atoms with van der Waals surface area (Å²) >= 11 is 0. The molecule has 0 amide bonds. The summed E-state index contributed by atoms with van der Waals surface area (Å²) in [5.74, 6) is 0. The predicted octanol–water partition coefficient (Wildman–Crippen LogP) is 2.36. The van der Waals surface area contributed by atoms with Gasteiger partial charge in [0.2, 0.25) is 0 Å². The van der Waals surface area contributed by atoms with Crippen molar-refractivity contribution in [2.24, 2.45) is 0 Å². The van der Waals surface area contributed by atoms with Crippen LogP contribution >= 0.6 is 0 Å². The van der Waals surface area contributed by atoms with Gasteiger partial charge in [0.15, 0.2) is 0 Å². The zero-order valence-corrected chi connectivity index (χ0v) is 4.54. The maximum absolute atomic E-state index is 3.88. The van der Waals surface area contributed by atoms with Crippen molar-refractivity contribution in [3.05, 3.63) is 36.7 Å². The Morgan fingerprint density at radius 2 is 2.33 bits per heavy atom. The molecule has 1 nitrogen and oxygen atoms in total. The first-order valence-electron chi connectivity index (χ1n) is 2.46. The third kappa shape index (κ3) is 2.08. The summed E-state index contributed by atoms with van der Waals surface area (Å²) in [5.41, 5.74) is 1.06. The van der Waals surface area contributed by atoms with Gasteiger partial charge in [-0.1, -0.05) is 26.1 Å². The quantitative estimate of drug-likeness (QED) is 0.555. The molecule has 1 aromatic rings. The largest absolute Gasteiger partial charge is 0.264 e. The Morgan fingerprint density at radius 3 is 2.67 bits per heavy atom. The summed E-state index contributed by atoms with van der Waals surface area (Å²) in [6.07, 6.45) is 5.28. The summed E-state index contributed by atoms with van der Waals surface area (Å²) in [5, 5.41) is 0. The van der Waals surface area contributed by atoms with Crippen molar-refractivity contribution in [2.75, 3.05) is 0 Å². The highest BCUT2D eigenvalue weighted by Crippen LogP contribution is 1.94. The molecule has 0 N–H and O–H groups in total. The van der Waals surface area contributed by atoms with Crippen LogP contribution < -0.4 is 0 Å². The first kappa shape index (κ1) is 7.89. The van der Waals surface area contributed by atoms with Crippen molar-refractivity contribution in [3.63, 3.8) is 0 Å². The van der Waals surface area contributed by atoms with E-state index in [1.54, 1.807) is 18.5 Å². The summed E-state index contributed by atoms with van der Waals surface area (Å²) in [4.78, 5) is 3.88. The second-order valence-electron chi connectivity index (χ2n) is 1.49. The Balaban J connectivity index is 0.000000640. The number of aromatic nitrogens is 1. The first-order chi connectivity index (χ1) is 3.93. The molecule has 9 heavy (non-hydrogen) atoms. The molecule has 0 aliphatic rings. The van der Waals surface area contributed by atoms with E-state index in [1.807, 2.05) is 12.1 Å². The number of rotatable bonds is 1. The van der Waals surface area contributed by atoms with Crippen molar-refractivity contribution in [2.45, 2.75) is 7.43 Å². The van der Waals surface area contributed by atoms with E-state index in [0.717, 1.165) is 5.56 Å². The highest BCUT2D eigenvalue weighted by atomic mass is 14.6. The molecule has 48 valence electrons. The summed E-state index contributed by atoms with van der Waals surface area (Å²) < 4.78 is 0. The monoisotopic (exact) mass is 121 g/mol. The minimum Gasteiger partial charge on any atom is -0.264 e. The number of pyridine rings is 1. The molecular formula is C8H11N. The minimum atomic E-state index is 0. The van der Waals surface area contributed by atoms with E-state index in [-0.39, 0.29) is 7.43 Å². The van der Waals surface area contributed by atoms with Gasteiger partial charge in [-0.3, -0.25) is 4.98 Å². The fraction of sp³-hybridized carbons (Fsp3) is 0.125. The van der Waals surface area contributed by atoms with E-state index in [4.69, 9.17) is 0 Å². The fourth-order valence-electron chi connectivity index (χ4n) is 0.497. The molecule has 0 fully saturated rings. The number of nitrogens with zero attached hydrogens (tertiary/aromatic N) is 1. The molecule has 0 radical (unpaired) electrons. The first-order valence-corrected chi connectivity index (χ1v) is 2.46. The van der Waals surface area contributed by atoms with E-state index in [0.29, 0.717) is 0 Å². The lowest BCUT2D eigenvalue weighted by Crippen LogP contribution is -1.70. The highest BCUT2D eigenvalue weighted by molar-refractivity contribution is 5.44.